The highest BCUT2D eigenvalue weighted by Crippen LogP contribution is 2.15. The van der Waals surface area contributed by atoms with Gasteiger partial charge in [-0.05, 0) is 30.3 Å². The second-order valence-corrected chi connectivity index (χ2v) is 3.99. The Morgan fingerprint density at radius 2 is 2.12 bits per heavy atom. The molecule has 0 saturated carbocycles. The summed E-state index contributed by atoms with van der Waals surface area (Å²) in [6.07, 6.45) is 1.52. The van der Waals surface area contributed by atoms with Crippen LogP contribution in [0.1, 0.15) is 10.5 Å². The normalized spacial score (nSPS) is 9.81. The zero-order chi connectivity index (χ0) is 11.4. The summed E-state index contributed by atoms with van der Waals surface area (Å²) in [4.78, 5) is 11.7. The maximum Gasteiger partial charge on any atom is 0.276 e. The van der Waals surface area contributed by atoms with Gasteiger partial charge < -0.3 is 5.32 Å². The summed E-state index contributed by atoms with van der Waals surface area (Å²) in [5, 5.41) is 10.1. The van der Waals surface area contributed by atoms with Crippen LogP contribution in [-0.4, -0.2) is 16.1 Å². The van der Waals surface area contributed by atoms with Gasteiger partial charge in [-0.15, -0.1) is 5.10 Å². The quantitative estimate of drug-likeness (QED) is 0.918. The second-order valence-electron chi connectivity index (χ2n) is 3.07. The van der Waals surface area contributed by atoms with Crippen molar-refractivity contribution >= 4 is 27.5 Å². The van der Waals surface area contributed by atoms with Crippen molar-refractivity contribution in [2.24, 2.45) is 0 Å². The van der Waals surface area contributed by atoms with Gasteiger partial charge in [0.15, 0.2) is 5.69 Å². The van der Waals surface area contributed by atoms with Crippen LogP contribution >= 0.6 is 15.9 Å². The summed E-state index contributed by atoms with van der Waals surface area (Å²) in [5.74, 6) is -0.272. The molecular formula is C11H8BrN3O. The number of carbonyl (C=O) groups is 1. The summed E-state index contributed by atoms with van der Waals surface area (Å²) in [5.41, 5.74) is 1.01. The molecule has 2 aromatic rings. The highest BCUT2D eigenvalue weighted by atomic mass is 79.9. The maximum absolute atomic E-state index is 11.7. The van der Waals surface area contributed by atoms with Crippen LogP contribution in [0.25, 0.3) is 0 Å². The van der Waals surface area contributed by atoms with E-state index in [0.29, 0.717) is 11.4 Å². The van der Waals surface area contributed by atoms with Crippen molar-refractivity contribution < 1.29 is 4.79 Å². The SMILES string of the molecule is O=C(Nc1cccc(Br)c1)c1cccnn1. The Hall–Kier alpha value is -1.75. The number of halogens is 1. The first-order chi connectivity index (χ1) is 7.75. The van der Waals surface area contributed by atoms with Crippen LogP contribution in [0, 0.1) is 0 Å². The monoisotopic (exact) mass is 277 g/mol. The first-order valence-corrected chi connectivity index (χ1v) is 5.39. The molecule has 0 spiro atoms. The van der Waals surface area contributed by atoms with E-state index >= 15 is 0 Å². The van der Waals surface area contributed by atoms with Gasteiger partial charge in [0.25, 0.3) is 5.91 Å². The standard InChI is InChI=1S/C11H8BrN3O/c12-8-3-1-4-9(7-8)14-11(16)10-5-2-6-13-15-10/h1-7H,(H,14,16). The lowest BCUT2D eigenvalue weighted by molar-refractivity contribution is 0.102. The van der Waals surface area contributed by atoms with Crippen LogP contribution in [0.4, 0.5) is 5.69 Å². The summed E-state index contributed by atoms with van der Waals surface area (Å²) >= 11 is 3.33. The van der Waals surface area contributed by atoms with Crippen molar-refractivity contribution in [2.75, 3.05) is 5.32 Å². The summed E-state index contributed by atoms with van der Waals surface area (Å²) < 4.78 is 0.907. The fourth-order valence-electron chi connectivity index (χ4n) is 1.18. The van der Waals surface area contributed by atoms with E-state index in [0.717, 1.165) is 4.47 Å². The van der Waals surface area contributed by atoms with Crippen LogP contribution in [0.15, 0.2) is 47.1 Å². The first-order valence-electron chi connectivity index (χ1n) is 4.60. The van der Waals surface area contributed by atoms with Crippen molar-refractivity contribution in [2.45, 2.75) is 0 Å². The molecule has 1 aromatic carbocycles. The zero-order valence-corrected chi connectivity index (χ0v) is 9.81. The van der Waals surface area contributed by atoms with E-state index in [1.165, 1.54) is 6.20 Å². The summed E-state index contributed by atoms with van der Waals surface area (Å²) in [7, 11) is 0. The average Bonchev–Trinajstić information content (AvgIpc) is 2.30. The number of rotatable bonds is 2. The fourth-order valence-corrected chi connectivity index (χ4v) is 1.58. The van der Waals surface area contributed by atoms with E-state index in [9.17, 15) is 4.79 Å². The Morgan fingerprint density at radius 1 is 1.25 bits per heavy atom. The number of carbonyl (C=O) groups excluding carboxylic acids is 1. The Bertz CT molecular complexity index is 502. The van der Waals surface area contributed by atoms with E-state index in [4.69, 9.17) is 0 Å². The van der Waals surface area contributed by atoms with E-state index < -0.39 is 0 Å². The molecule has 1 amide bonds. The topological polar surface area (TPSA) is 54.9 Å². The van der Waals surface area contributed by atoms with E-state index in [1.54, 1.807) is 18.2 Å². The zero-order valence-electron chi connectivity index (χ0n) is 8.22. The maximum atomic E-state index is 11.7. The van der Waals surface area contributed by atoms with E-state index in [2.05, 4.69) is 31.4 Å². The third kappa shape index (κ3) is 2.64. The highest BCUT2D eigenvalue weighted by molar-refractivity contribution is 9.10. The summed E-state index contributed by atoms with van der Waals surface area (Å²) in [6.45, 7) is 0. The Labute approximate surface area is 101 Å². The number of anilines is 1. The van der Waals surface area contributed by atoms with Crippen LogP contribution in [-0.2, 0) is 0 Å². The van der Waals surface area contributed by atoms with Gasteiger partial charge in [-0.2, -0.15) is 5.10 Å². The number of amides is 1. The lowest BCUT2D eigenvalue weighted by Gasteiger charge is -2.03. The minimum atomic E-state index is -0.272. The molecule has 0 aliphatic carbocycles. The van der Waals surface area contributed by atoms with Crippen LogP contribution in [0.5, 0.6) is 0 Å². The molecule has 80 valence electrons. The van der Waals surface area contributed by atoms with Crippen molar-refractivity contribution in [3.8, 4) is 0 Å². The molecule has 0 aliphatic rings. The van der Waals surface area contributed by atoms with Crippen LogP contribution < -0.4 is 5.32 Å². The van der Waals surface area contributed by atoms with Gasteiger partial charge in [0.2, 0.25) is 0 Å². The van der Waals surface area contributed by atoms with Gasteiger partial charge in [0, 0.05) is 16.4 Å². The van der Waals surface area contributed by atoms with Gasteiger partial charge in [0.1, 0.15) is 0 Å². The van der Waals surface area contributed by atoms with Crippen molar-refractivity contribution in [3.63, 3.8) is 0 Å². The molecule has 1 N–H and O–H groups in total. The van der Waals surface area contributed by atoms with Gasteiger partial charge in [-0.1, -0.05) is 22.0 Å². The average molecular weight is 278 g/mol. The molecule has 16 heavy (non-hydrogen) atoms. The number of nitrogens with zero attached hydrogens (tertiary/aromatic N) is 2. The van der Waals surface area contributed by atoms with Gasteiger partial charge in [-0.3, -0.25) is 4.79 Å². The highest BCUT2D eigenvalue weighted by Gasteiger charge is 2.06. The number of hydrogen-bond acceptors (Lipinski definition) is 3. The molecule has 0 radical (unpaired) electrons. The predicted octanol–water partition coefficient (Wildman–Crippen LogP) is 2.49. The number of benzene rings is 1. The molecule has 0 aliphatic heterocycles. The van der Waals surface area contributed by atoms with E-state index in [1.807, 2.05) is 18.2 Å². The lowest BCUT2D eigenvalue weighted by atomic mass is 10.3. The number of hydrogen-bond donors (Lipinski definition) is 1. The summed E-state index contributed by atoms with van der Waals surface area (Å²) in [6, 6.07) is 10.6. The van der Waals surface area contributed by atoms with Crippen molar-refractivity contribution in [3.05, 3.63) is 52.8 Å². The largest absolute Gasteiger partial charge is 0.321 e. The third-order valence-corrected chi connectivity index (χ3v) is 2.38. The molecule has 0 atom stereocenters. The van der Waals surface area contributed by atoms with Gasteiger partial charge >= 0.3 is 0 Å². The molecule has 0 unspecified atom stereocenters. The number of aromatic nitrogens is 2. The van der Waals surface area contributed by atoms with Gasteiger partial charge in [-0.25, -0.2) is 0 Å². The molecule has 0 fully saturated rings. The molecule has 2 rings (SSSR count). The van der Waals surface area contributed by atoms with Gasteiger partial charge in [0.05, 0.1) is 0 Å². The lowest BCUT2D eigenvalue weighted by Crippen LogP contribution is -2.13. The van der Waals surface area contributed by atoms with E-state index in [-0.39, 0.29) is 5.91 Å². The minimum Gasteiger partial charge on any atom is -0.321 e. The third-order valence-electron chi connectivity index (χ3n) is 1.89. The molecule has 0 saturated heterocycles. The Morgan fingerprint density at radius 3 is 2.81 bits per heavy atom. The second kappa shape index (κ2) is 4.85. The molecule has 4 nitrogen and oxygen atoms in total. The molecule has 1 heterocycles. The predicted molar refractivity (Wildman–Crippen MR) is 64.1 cm³/mol. The molecule has 5 heteroatoms. The fraction of sp³-hybridized carbons (Fsp3) is 0. The van der Waals surface area contributed by atoms with Crippen LogP contribution in [0.2, 0.25) is 0 Å². The smallest absolute Gasteiger partial charge is 0.276 e. The minimum absolute atomic E-state index is 0.272. The molecule has 0 bridgehead atoms. The van der Waals surface area contributed by atoms with Crippen molar-refractivity contribution in [1.82, 2.24) is 10.2 Å². The first kappa shape index (κ1) is 10.8. The molecular weight excluding hydrogens is 270 g/mol. The number of nitrogens with one attached hydrogen (secondary N) is 1. The Kier molecular flexibility index (Phi) is 3.26. The molecule has 1 aromatic heterocycles. The van der Waals surface area contributed by atoms with Crippen molar-refractivity contribution in [1.29, 1.82) is 0 Å². The Balaban J connectivity index is 2.14. The van der Waals surface area contributed by atoms with Crippen LogP contribution in [0.3, 0.4) is 0 Å².